The van der Waals surface area contributed by atoms with Gasteiger partial charge in [0.05, 0.1) is 21.3 Å². The summed E-state index contributed by atoms with van der Waals surface area (Å²) >= 11 is 0. The van der Waals surface area contributed by atoms with E-state index >= 15 is 0 Å². The number of hydrogen-bond acceptors (Lipinski definition) is 5. The maximum absolute atomic E-state index is 14.0. The van der Waals surface area contributed by atoms with Crippen LogP contribution in [0.15, 0.2) is 72.3 Å². The van der Waals surface area contributed by atoms with Crippen LogP contribution < -0.4 is 14.2 Å². The number of halogens is 1. The van der Waals surface area contributed by atoms with E-state index < -0.39 is 0 Å². The van der Waals surface area contributed by atoms with Crippen molar-refractivity contribution in [3.05, 3.63) is 94.8 Å². The summed E-state index contributed by atoms with van der Waals surface area (Å²) in [7, 11) is 4.63. The molecule has 1 atom stereocenters. The van der Waals surface area contributed by atoms with Crippen molar-refractivity contribution in [2.75, 3.05) is 41.0 Å². The second-order valence-electron chi connectivity index (χ2n) is 9.89. The number of methoxy groups -OCH3 is 3. The number of amides is 1. The van der Waals surface area contributed by atoms with Crippen LogP contribution in [0.4, 0.5) is 4.39 Å². The highest BCUT2D eigenvalue weighted by Crippen LogP contribution is 2.38. The maximum atomic E-state index is 14.0. The average molecular weight is 533 g/mol. The van der Waals surface area contributed by atoms with Crippen LogP contribution in [0.3, 0.4) is 0 Å². The zero-order chi connectivity index (χ0) is 27.8. The number of ether oxygens (including phenoxy) is 3. The topological polar surface area (TPSA) is 51.2 Å². The molecular weight excluding hydrogens is 495 g/mol. The van der Waals surface area contributed by atoms with Crippen LogP contribution in [0, 0.1) is 5.82 Å². The lowest BCUT2D eigenvalue weighted by Gasteiger charge is -2.31. The molecule has 7 heteroatoms. The van der Waals surface area contributed by atoms with E-state index in [1.165, 1.54) is 12.1 Å². The molecule has 0 unspecified atom stereocenters. The fraction of sp³-hybridized carbons (Fsp3) is 0.344. The van der Waals surface area contributed by atoms with Gasteiger partial charge < -0.3 is 19.1 Å². The largest absolute Gasteiger partial charge is 0.493 e. The van der Waals surface area contributed by atoms with Crippen LogP contribution in [0.5, 0.6) is 17.2 Å². The fourth-order valence-corrected chi connectivity index (χ4v) is 5.18. The number of benzene rings is 3. The molecule has 1 heterocycles. The highest BCUT2D eigenvalue weighted by molar-refractivity contribution is 5.96. The van der Waals surface area contributed by atoms with Gasteiger partial charge in [0.15, 0.2) is 11.5 Å². The first-order valence-electron chi connectivity index (χ1n) is 13.2. The van der Waals surface area contributed by atoms with Gasteiger partial charge in [-0.15, -0.1) is 0 Å². The molecule has 6 nitrogen and oxygen atoms in total. The lowest BCUT2D eigenvalue weighted by atomic mass is 10.1. The van der Waals surface area contributed by atoms with Crippen LogP contribution >= 0.6 is 0 Å². The van der Waals surface area contributed by atoms with E-state index in [4.69, 9.17) is 14.2 Å². The van der Waals surface area contributed by atoms with E-state index in [1.807, 2.05) is 42.2 Å². The van der Waals surface area contributed by atoms with E-state index in [9.17, 15) is 9.18 Å². The van der Waals surface area contributed by atoms with Gasteiger partial charge in [-0.3, -0.25) is 9.69 Å². The quantitative estimate of drug-likeness (QED) is 0.300. The molecule has 0 radical (unpaired) electrons. The van der Waals surface area contributed by atoms with Crippen molar-refractivity contribution in [3.63, 3.8) is 0 Å². The molecule has 1 saturated heterocycles. The molecular formula is C32H37FN2O4. The Balaban J connectivity index is 1.62. The van der Waals surface area contributed by atoms with Crippen molar-refractivity contribution in [3.8, 4) is 17.2 Å². The van der Waals surface area contributed by atoms with Crippen LogP contribution in [0.25, 0.3) is 6.08 Å². The van der Waals surface area contributed by atoms with Crippen LogP contribution in [-0.4, -0.2) is 62.7 Å². The highest BCUT2D eigenvalue weighted by atomic mass is 19.1. The van der Waals surface area contributed by atoms with Gasteiger partial charge in [0.1, 0.15) is 5.82 Å². The molecule has 0 aromatic heterocycles. The van der Waals surface area contributed by atoms with Gasteiger partial charge in [-0.05, 0) is 61.7 Å². The van der Waals surface area contributed by atoms with Crippen molar-refractivity contribution in [2.24, 2.45) is 0 Å². The van der Waals surface area contributed by atoms with Crippen LogP contribution in [0.2, 0.25) is 0 Å². The fourth-order valence-electron chi connectivity index (χ4n) is 5.18. The Hall–Kier alpha value is -3.84. The summed E-state index contributed by atoms with van der Waals surface area (Å²) in [6.45, 7) is 4.75. The standard InChI is InChI=1S/C32H37FN2O4/c1-23(17-24-9-6-5-7-10-24)20-35(32(36)26-18-29(37-2)31(39-4)30(19-26)38-3)22-28-11-8-16-34(28)21-25-12-14-27(33)15-13-25/h5-7,9-10,12-15,17-19,28H,8,11,16,20-22H2,1-4H3/b23-17+/t28-/m0/s1. The lowest BCUT2D eigenvalue weighted by Crippen LogP contribution is -2.43. The second-order valence-corrected chi connectivity index (χ2v) is 9.89. The molecule has 39 heavy (non-hydrogen) atoms. The number of carbonyl (C=O) groups excluding carboxylic acids is 1. The number of carbonyl (C=O) groups is 1. The summed E-state index contributed by atoms with van der Waals surface area (Å²) in [6, 6.07) is 20.4. The van der Waals surface area contributed by atoms with Gasteiger partial charge in [-0.25, -0.2) is 4.39 Å². The lowest BCUT2D eigenvalue weighted by molar-refractivity contribution is 0.0718. The van der Waals surface area contributed by atoms with Gasteiger partial charge in [0.2, 0.25) is 5.75 Å². The van der Waals surface area contributed by atoms with Crippen LogP contribution in [-0.2, 0) is 6.54 Å². The first-order chi connectivity index (χ1) is 18.9. The number of hydrogen-bond donors (Lipinski definition) is 0. The third-order valence-electron chi connectivity index (χ3n) is 7.08. The zero-order valence-electron chi connectivity index (χ0n) is 23.2. The molecule has 1 amide bonds. The van der Waals surface area contributed by atoms with Gasteiger partial charge in [0.25, 0.3) is 5.91 Å². The van der Waals surface area contributed by atoms with Crippen molar-refractivity contribution < 1.29 is 23.4 Å². The van der Waals surface area contributed by atoms with Crippen molar-refractivity contribution in [2.45, 2.75) is 32.4 Å². The Labute approximate surface area is 230 Å². The second kappa shape index (κ2) is 13.3. The monoisotopic (exact) mass is 532 g/mol. The molecule has 206 valence electrons. The SMILES string of the molecule is COc1cc(C(=O)N(C/C(C)=C/c2ccccc2)C[C@@H]2CCCN2Cc2ccc(F)cc2)cc(OC)c1OC. The predicted octanol–water partition coefficient (Wildman–Crippen LogP) is 6.06. The smallest absolute Gasteiger partial charge is 0.254 e. The maximum Gasteiger partial charge on any atom is 0.254 e. The molecule has 0 bridgehead atoms. The van der Waals surface area contributed by atoms with E-state index in [0.717, 1.165) is 42.6 Å². The summed E-state index contributed by atoms with van der Waals surface area (Å²) in [5.41, 5.74) is 3.70. The van der Waals surface area contributed by atoms with Crippen molar-refractivity contribution in [1.82, 2.24) is 9.80 Å². The first kappa shape index (κ1) is 28.2. The van der Waals surface area contributed by atoms with Gasteiger partial charge in [-0.1, -0.05) is 54.1 Å². The molecule has 0 spiro atoms. The minimum absolute atomic E-state index is 0.108. The molecule has 1 aliphatic rings. The van der Waals surface area contributed by atoms with E-state index in [0.29, 0.717) is 35.9 Å². The molecule has 0 N–H and O–H groups in total. The predicted molar refractivity (Wildman–Crippen MR) is 152 cm³/mol. The third-order valence-corrected chi connectivity index (χ3v) is 7.08. The van der Waals surface area contributed by atoms with Crippen molar-refractivity contribution >= 4 is 12.0 Å². The molecule has 0 aliphatic carbocycles. The molecule has 4 rings (SSSR count). The summed E-state index contributed by atoms with van der Waals surface area (Å²) in [5, 5.41) is 0. The van der Waals surface area contributed by atoms with E-state index in [-0.39, 0.29) is 17.8 Å². The Bertz CT molecular complexity index is 1250. The van der Waals surface area contributed by atoms with Gasteiger partial charge in [0, 0.05) is 31.2 Å². The van der Waals surface area contributed by atoms with Crippen molar-refractivity contribution in [1.29, 1.82) is 0 Å². The number of likely N-dealkylation sites (tertiary alicyclic amines) is 1. The summed E-state index contributed by atoms with van der Waals surface area (Å²) < 4.78 is 29.9. The Morgan fingerprint density at radius 3 is 2.28 bits per heavy atom. The highest BCUT2D eigenvalue weighted by Gasteiger charge is 2.30. The number of nitrogens with zero attached hydrogens (tertiary/aromatic N) is 2. The average Bonchev–Trinajstić information content (AvgIpc) is 3.39. The normalized spacial score (nSPS) is 15.7. The number of rotatable bonds is 11. The minimum atomic E-state index is -0.237. The molecule has 3 aromatic carbocycles. The van der Waals surface area contributed by atoms with Crippen LogP contribution in [0.1, 0.15) is 41.3 Å². The van der Waals surface area contributed by atoms with Gasteiger partial charge >= 0.3 is 0 Å². The minimum Gasteiger partial charge on any atom is -0.493 e. The Morgan fingerprint density at radius 1 is 1.00 bits per heavy atom. The molecule has 3 aromatic rings. The molecule has 1 fully saturated rings. The van der Waals surface area contributed by atoms with E-state index in [1.54, 1.807) is 33.5 Å². The first-order valence-corrected chi connectivity index (χ1v) is 13.2. The molecule has 1 aliphatic heterocycles. The third kappa shape index (κ3) is 7.18. The molecule has 0 saturated carbocycles. The van der Waals surface area contributed by atoms with E-state index in [2.05, 4.69) is 23.1 Å². The van der Waals surface area contributed by atoms with Gasteiger partial charge in [-0.2, -0.15) is 0 Å². The Kier molecular flexibility index (Phi) is 9.60. The Morgan fingerprint density at radius 2 is 1.67 bits per heavy atom. The summed E-state index contributed by atoms with van der Waals surface area (Å²) in [5.74, 6) is 0.985. The summed E-state index contributed by atoms with van der Waals surface area (Å²) in [4.78, 5) is 18.3. The zero-order valence-corrected chi connectivity index (χ0v) is 23.2. The summed E-state index contributed by atoms with van der Waals surface area (Å²) in [6.07, 6.45) is 4.15.